The number of ether oxygens (including phenoxy) is 6. The first-order valence-corrected chi connectivity index (χ1v) is 44.1. The van der Waals surface area contributed by atoms with Crippen LogP contribution in [0.2, 0.25) is 28.4 Å². The number of piperazine rings is 3. The number of amides is 6. The number of rotatable bonds is 14. The fraction of sp³-hybridized carbons (Fsp3) is 0.575. The molecule has 0 spiro atoms. The SMILES string of the molecule is CC(C)(C)OC(=O)N1CCN(C(=O)C2Cc3cc(Cl)cc(-c4ccnc5[nH]ccc45)c3O2)CC1.CC(C)(C)OC(=O)N1CCN(C(=O)C2Cc3cc(Cl)cc(Br)c3O2)CC1.CCC[CH2][Sn]([CH2]CCC)([CH2]CCC)[c]1cc(Cl)cc2c1OC(C(=O)N1CCN(C(=O)OC(C)(C)C)CC1)C2. The minimum atomic E-state index is -2.82. The molecule has 6 amide bonds. The van der Waals surface area contributed by atoms with Crippen LogP contribution >= 0.6 is 50.7 Å². The van der Waals surface area contributed by atoms with Crippen molar-refractivity contribution in [3.63, 3.8) is 0 Å². The van der Waals surface area contributed by atoms with Crippen LogP contribution in [-0.2, 0) is 47.9 Å². The van der Waals surface area contributed by atoms with Gasteiger partial charge in [-0.05, 0) is 120 Å². The number of unbranched alkanes of at least 4 members (excludes halogenated alkanes) is 3. The van der Waals surface area contributed by atoms with Crippen molar-refractivity contribution in [1.82, 2.24) is 39.4 Å². The van der Waals surface area contributed by atoms with E-state index in [1.165, 1.54) is 55.4 Å². The van der Waals surface area contributed by atoms with Crippen LogP contribution in [0.25, 0.3) is 22.2 Å². The summed E-state index contributed by atoms with van der Waals surface area (Å²) < 4.78 is 41.2. The van der Waals surface area contributed by atoms with E-state index in [0.29, 0.717) is 119 Å². The van der Waals surface area contributed by atoms with Gasteiger partial charge >= 0.3 is 232 Å². The van der Waals surface area contributed by atoms with Crippen LogP contribution in [0.3, 0.4) is 0 Å². The van der Waals surface area contributed by atoms with Crippen molar-refractivity contribution < 1.29 is 57.2 Å². The van der Waals surface area contributed by atoms with Gasteiger partial charge in [-0.25, -0.2) is 14.6 Å². The topological polar surface area (TPSA) is 206 Å². The normalized spacial score (nSPS) is 18.4. The van der Waals surface area contributed by atoms with E-state index in [0.717, 1.165) is 54.1 Å². The van der Waals surface area contributed by atoms with Crippen molar-refractivity contribution in [2.45, 2.75) is 189 Å². The average Bonchev–Trinajstić information content (AvgIpc) is 1.55. The number of benzene rings is 3. The van der Waals surface area contributed by atoms with Gasteiger partial charge in [0, 0.05) is 110 Å². The second-order valence-corrected chi connectivity index (χ2v) is 44.5. The molecule has 534 valence electrons. The molecule has 0 bridgehead atoms. The number of aromatic amines is 1. The number of pyridine rings is 1. The van der Waals surface area contributed by atoms with Gasteiger partial charge in [0.15, 0.2) is 12.2 Å². The Hall–Kier alpha value is -5.88. The van der Waals surface area contributed by atoms with Crippen LogP contribution in [0.15, 0.2) is 65.4 Å². The molecule has 11 rings (SSSR count). The van der Waals surface area contributed by atoms with Gasteiger partial charge in [-0.2, -0.15) is 0 Å². The Balaban J connectivity index is 0.000000175. The van der Waals surface area contributed by atoms with Gasteiger partial charge in [-0.1, -0.05) is 23.2 Å². The van der Waals surface area contributed by atoms with E-state index in [9.17, 15) is 28.8 Å². The predicted octanol–water partition coefficient (Wildman–Crippen LogP) is 14.5. The van der Waals surface area contributed by atoms with Gasteiger partial charge in [0.05, 0.1) is 4.47 Å². The summed E-state index contributed by atoms with van der Waals surface area (Å²) in [4.78, 5) is 94.4. The van der Waals surface area contributed by atoms with Gasteiger partial charge in [0.2, 0.25) is 0 Å². The molecule has 25 heteroatoms. The Morgan fingerprint density at radius 2 is 0.857 bits per heavy atom. The van der Waals surface area contributed by atoms with Crippen LogP contribution in [0.5, 0.6) is 17.2 Å². The van der Waals surface area contributed by atoms with Crippen molar-refractivity contribution >= 4 is 120 Å². The van der Waals surface area contributed by atoms with Crippen molar-refractivity contribution in [2.24, 2.45) is 0 Å². The van der Waals surface area contributed by atoms with Crippen LogP contribution in [0.1, 0.15) is 138 Å². The summed E-state index contributed by atoms with van der Waals surface area (Å²) in [6.07, 6.45) is 9.82. The van der Waals surface area contributed by atoms with Gasteiger partial charge in [-0.15, -0.1) is 0 Å². The average molecular weight is 1580 g/mol. The van der Waals surface area contributed by atoms with Gasteiger partial charge in [0.1, 0.15) is 28.3 Å². The zero-order valence-corrected chi connectivity index (χ0v) is 65.7. The second-order valence-electron chi connectivity index (χ2n) is 29.3. The Labute approximate surface area is 605 Å². The minimum absolute atomic E-state index is 0.0172. The predicted molar refractivity (Wildman–Crippen MR) is 389 cm³/mol. The molecule has 20 nitrogen and oxygen atoms in total. The Kier molecular flexibility index (Phi) is 25.6. The third kappa shape index (κ3) is 19.4. The number of fused-ring (bicyclic) bond motifs is 4. The summed E-state index contributed by atoms with van der Waals surface area (Å²) >= 11 is 19.9. The number of hydrogen-bond donors (Lipinski definition) is 1. The molecule has 3 unspecified atom stereocenters. The molecular formula is C73H98BrCl3N8O12Sn. The molecule has 1 N–H and O–H groups in total. The fourth-order valence-corrected chi connectivity index (χ4v) is 31.7. The van der Waals surface area contributed by atoms with Gasteiger partial charge in [-0.3, -0.25) is 9.59 Å². The van der Waals surface area contributed by atoms with Crippen LogP contribution in [0.4, 0.5) is 14.4 Å². The third-order valence-electron chi connectivity index (χ3n) is 18.2. The zero-order chi connectivity index (χ0) is 71.0. The summed E-state index contributed by atoms with van der Waals surface area (Å²) in [5.41, 5.74) is 3.91. The molecule has 0 saturated carbocycles. The summed E-state index contributed by atoms with van der Waals surface area (Å²) in [7, 11) is 0. The van der Waals surface area contributed by atoms with E-state index in [1.54, 1.807) is 36.8 Å². The molecule has 98 heavy (non-hydrogen) atoms. The number of carbonyl (C=O) groups excluding carboxylic acids is 6. The van der Waals surface area contributed by atoms with Crippen LogP contribution in [0, 0.1) is 0 Å². The van der Waals surface area contributed by atoms with Gasteiger partial charge < -0.3 is 43.5 Å². The molecule has 6 aliphatic rings. The molecule has 6 aliphatic heterocycles. The summed E-state index contributed by atoms with van der Waals surface area (Å²) in [6.45, 7) is 29.0. The van der Waals surface area contributed by atoms with Gasteiger partial charge in [0.25, 0.3) is 11.8 Å². The summed E-state index contributed by atoms with van der Waals surface area (Å²) in [6, 6.07) is 15.4. The molecular weight excluding hydrogens is 1490 g/mol. The number of H-pyrrole nitrogens is 1. The van der Waals surface area contributed by atoms with Crippen molar-refractivity contribution in [1.29, 1.82) is 0 Å². The first kappa shape index (κ1) is 76.3. The number of aromatic nitrogens is 2. The van der Waals surface area contributed by atoms with E-state index in [1.807, 2.05) is 110 Å². The molecule has 8 heterocycles. The molecule has 2 aromatic heterocycles. The van der Waals surface area contributed by atoms with E-state index in [2.05, 4.69) is 52.7 Å². The molecule has 0 aliphatic carbocycles. The third-order valence-corrected chi connectivity index (χ3v) is 35.0. The second kappa shape index (κ2) is 32.8. The maximum atomic E-state index is 13.6. The van der Waals surface area contributed by atoms with Crippen LogP contribution in [-0.4, -0.2) is 207 Å². The van der Waals surface area contributed by atoms with E-state index in [4.69, 9.17) is 63.2 Å². The summed E-state index contributed by atoms with van der Waals surface area (Å²) in [5, 5.41) is 2.95. The number of carbonyl (C=O) groups is 6. The van der Waals surface area contributed by atoms with Crippen molar-refractivity contribution in [3.8, 4) is 28.4 Å². The first-order chi connectivity index (χ1) is 46.4. The summed E-state index contributed by atoms with van der Waals surface area (Å²) in [5.74, 6) is 2.23. The standard InChI is InChI=1S/C25H27ClN4O4.C18H22BrClN2O4.C18H22ClN2O4.3C4H9.Sn/c1-25(2,3)34-24(32)30-10-8-29(9-11-30)23(31)20-13-15-12-16(26)14-19(21(15)33-20)17-4-6-27-22-18(17)5-7-28-22;1-18(2,3)26-17(24)22-6-4-21(5-7-22)16(23)14-9-11-8-12(20)10-13(19)15(11)25-14;1-18(2,3)25-17(23)21-8-6-20(7-9-21)16(22)15-11-12-10-13(19)4-5-14(12)24-15;3*1-3-4-2;/h4-7,12,14,20H,8-11,13H2,1-3H3,(H,27,28);8,10,14H,4-7,9H2,1-3H3;4,10,15H,6-9,11H2,1-3H3;3*1,3-4H2,2H3;. The number of hydrogen-bond acceptors (Lipinski definition) is 13. The quantitative estimate of drug-likeness (QED) is 0.0812. The number of nitrogens with zero attached hydrogens (tertiary/aromatic N) is 7. The van der Waals surface area contributed by atoms with Crippen LogP contribution < -0.4 is 17.8 Å². The molecule has 3 saturated heterocycles. The monoisotopic (exact) mass is 1580 g/mol. The Morgan fingerprint density at radius 3 is 1.27 bits per heavy atom. The van der Waals surface area contributed by atoms with E-state index < -0.39 is 53.5 Å². The molecule has 5 aromatic rings. The van der Waals surface area contributed by atoms with Crippen molar-refractivity contribution in [2.75, 3.05) is 78.5 Å². The molecule has 3 fully saturated rings. The van der Waals surface area contributed by atoms with E-state index >= 15 is 0 Å². The first-order valence-electron chi connectivity index (χ1n) is 34.7. The Morgan fingerprint density at radius 1 is 0.500 bits per heavy atom. The van der Waals surface area contributed by atoms with E-state index in [-0.39, 0.29) is 36.0 Å². The maximum absolute atomic E-state index is 13.6. The van der Waals surface area contributed by atoms with Crippen molar-refractivity contribution in [3.05, 3.63) is 97.2 Å². The number of nitrogens with one attached hydrogen (secondary N) is 1. The fourth-order valence-electron chi connectivity index (χ4n) is 13.4. The molecule has 3 aromatic carbocycles. The molecule has 3 atom stereocenters. The zero-order valence-electron chi connectivity index (χ0n) is 59.0. The Bertz CT molecular complexity index is 3660. The number of halogens is 4. The molecule has 0 radical (unpaired) electrons.